The second kappa shape index (κ2) is 10.3. The van der Waals surface area contributed by atoms with Gasteiger partial charge in [-0.05, 0) is 43.5 Å². The molecule has 1 aromatic carbocycles. The van der Waals surface area contributed by atoms with E-state index in [1.54, 1.807) is 12.1 Å². The number of carbonyl (C=O) groups excluding carboxylic acids is 2. The van der Waals surface area contributed by atoms with Crippen molar-refractivity contribution in [3.63, 3.8) is 0 Å². The van der Waals surface area contributed by atoms with Crippen LogP contribution in [0, 0.1) is 5.82 Å². The highest BCUT2D eigenvalue weighted by Crippen LogP contribution is 2.18. The molecule has 0 bridgehead atoms. The molecule has 0 aromatic heterocycles. The average Bonchev–Trinajstić information content (AvgIpc) is 2.72. The molecule has 0 radical (unpaired) electrons. The lowest BCUT2D eigenvalue weighted by Crippen LogP contribution is -2.49. The smallest absolute Gasteiger partial charge is 0.315 e. The Hall–Kier alpha value is -2.31. The summed E-state index contributed by atoms with van der Waals surface area (Å²) in [5, 5.41) is 5.88. The van der Waals surface area contributed by atoms with Crippen LogP contribution in [-0.4, -0.2) is 55.6 Å². The number of anilines is 1. The summed E-state index contributed by atoms with van der Waals surface area (Å²) in [5.41, 5.74) is 0.988. The van der Waals surface area contributed by atoms with Crippen LogP contribution in [0.5, 0.6) is 0 Å². The fraction of sp³-hybridized carbons (Fsp3) is 0.619. The molecular formula is C21H31FN4O2. The van der Waals surface area contributed by atoms with Crippen LogP contribution in [0.2, 0.25) is 0 Å². The zero-order chi connectivity index (χ0) is 19.8. The molecule has 1 saturated heterocycles. The molecule has 7 heteroatoms. The zero-order valence-corrected chi connectivity index (χ0v) is 16.5. The Morgan fingerprint density at radius 1 is 1.00 bits per heavy atom. The molecule has 2 aliphatic rings. The van der Waals surface area contributed by atoms with E-state index in [1.807, 2.05) is 4.90 Å². The van der Waals surface area contributed by atoms with E-state index >= 15 is 0 Å². The first-order valence-electron chi connectivity index (χ1n) is 10.4. The maximum atomic E-state index is 13.0. The lowest BCUT2D eigenvalue weighted by molar-refractivity contribution is -0.131. The number of hydrogen-bond acceptors (Lipinski definition) is 3. The summed E-state index contributed by atoms with van der Waals surface area (Å²) in [7, 11) is 0. The van der Waals surface area contributed by atoms with E-state index in [0.29, 0.717) is 38.5 Å². The van der Waals surface area contributed by atoms with E-state index in [2.05, 4.69) is 15.5 Å². The predicted molar refractivity (Wildman–Crippen MR) is 108 cm³/mol. The largest absolute Gasteiger partial charge is 0.368 e. The minimum absolute atomic E-state index is 0.118. The molecule has 0 atom stereocenters. The van der Waals surface area contributed by atoms with Crippen LogP contribution in [0.25, 0.3) is 0 Å². The van der Waals surface area contributed by atoms with Crippen LogP contribution < -0.4 is 15.5 Å². The Balaban J connectivity index is 1.29. The molecule has 1 aromatic rings. The first-order valence-corrected chi connectivity index (χ1v) is 10.4. The molecule has 2 fully saturated rings. The summed E-state index contributed by atoms with van der Waals surface area (Å²) in [6.45, 7) is 3.36. The molecular weight excluding hydrogens is 359 g/mol. The van der Waals surface area contributed by atoms with Crippen molar-refractivity contribution in [2.45, 2.75) is 51.0 Å². The monoisotopic (exact) mass is 390 g/mol. The van der Waals surface area contributed by atoms with Crippen molar-refractivity contribution >= 4 is 17.6 Å². The molecule has 1 heterocycles. The van der Waals surface area contributed by atoms with E-state index in [1.165, 1.54) is 31.4 Å². The van der Waals surface area contributed by atoms with Gasteiger partial charge in [-0.25, -0.2) is 9.18 Å². The van der Waals surface area contributed by atoms with E-state index < -0.39 is 0 Å². The lowest BCUT2D eigenvalue weighted by atomic mass is 9.96. The standard InChI is InChI=1S/C21H31FN4O2/c22-17-8-10-19(11-9-17)25-13-15-26(16-14-25)20(27)7-4-12-23-21(28)24-18-5-2-1-3-6-18/h8-11,18H,1-7,12-16H2,(H2,23,24,28). The number of nitrogens with one attached hydrogen (secondary N) is 2. The van der Waals surface area contributed by atoms with Gasteiger partial charge in [0.05, 0.1) is 0 Å². The van der Waals surface area contributed by atoms with Crippen molar-refractivity contribution in [1.29, 1.82) is 0 Å². The minimum Gasteiger partial charge on any atom is -0.368 e. The number of rotatable bonds is 6. The summed E-state index contributed by atoms with van der Waals surface area (Å²) >= 11 is 0. The molecule has 1 saturated carbocycles. The Labute approximate surface area is 166 Å². The van der Waals surface area contributed by atoms with Crippen LogP contribution in [0.1, 0.15) is 44.9 Å². The number of nitrogens with zero attached hydrogens (tertiary/aromatic N) is 2. The number of hydrogen-bond donors (Lipinski definition) is 2. The number of halogens is 1. The third-order valence-corrected chi connectivity index (χ3v) is 5.62. The van der Waals surface area contributed by atoms with Gasteiger partial charge >= 0.3 is 6.03 Å². The van der Waals surface area contributed by atoms with Crippen LogP contribution in [0.15, 0.2) is 24.3 Å². The minimum atomic E-state index is -0.237. The van der Waals surface area contributed by atoms with Crippen molar-refractivity contribution in [3.8, 4) is 0 Å². The third kappa shape index (κ3) is 6.11. The van der Waals surface area contributed by atoms with E-state index in [4.69, 9.17) is 0 Å². The quantitative estimate of drug-likeness (QED) is 0.734. The Bertz CT molecular complexity index is 638. The van der Waals surface area contributed by atoms with Crippen LogP contribution in [0.4, 0.5) is 14.9 Å². The number of carbonyl (C=O) groups is 2. The summed E-state index contributed by atoms with van der Waals surface area (Å²) in [6.07, 6.45) is 6.86. The predicted octanol–water partition coefficient (Wildman–Crippen LogP) is 2.89. The second-order valence-corrected chi connectivity index (χ2v) is 7.68. The van der Waals surface area contributed by atoms with Crippen molar-refractivity contribution in [3.05, 3.63) is 30.1 Å². The van der Waals surface area contributed by atoms with Crippen molar-refractivity contribution in [2.75, 3.05) is 37.6 Å². The van der Waals surface area contributed by atoms with Gasteiger partial charge in [-0.1, -0.05) is 19.3 Å². The van der Waals surface area contributed by atoms with E-state index in [9.17, 15) is 14.0 Å². The van der Waals surface area contributed by atoms with E-state index in [0.717, 1.165) is 31.6 Å². The first kappa shape index (κ1) is 20.4. The molecule has 2 N–H and O–H groups in total. The molecule has 3 amide bonds. The SMILES string of the molecule is O=C(NCCCC(=O)N1CCN(c2ccc(F)cc2)CC1)NC1CCCCC1. The van der Waals surface area contributed by atoms with Crippen molar-refractivity contribution in [1.82, 2.24) is 15.5 Å². The highest BCUT2D eigenvalue weighted by molar-refractivity contribution is 5.77. The molecule has 0 spiro atoms. The van der Waals surface area contributed by atoms with Gasteiger partial charge in [0.1, 0.15) is 5.82 Å². The maximum Gasteiger partial charge on any atom is 0.315 e. The van der Waals surface area contributed by atoms with Gasteiger partial charge in [0.15, 0.2) is 0 Å². The maximum absolute atomic E-state index is 13.0. The van der Waals surface area contributed by atoms with Gasteiger partial charge in [-0.2, -0.15) is 0 Å². The second-order valence-electron chi connectivity index (χ2n) is 7.68. The molecule has 3 rings (SSSR count). The van der Waals surface area contributed by atoms with Gasteiger partial charge in [-0.15, -0.1) is 0 Å². The Kier molecular flexibility index (Phi) is 7.51. The van der Waals surface area contributed by atoms with Gasteiger partial charge in [0, 0.05) is 50.9 Å². The Morgan fingerprint density at radius 3 is 2.36 bits per heavy atom. The van der Waals surface area contributed by atoms with Crippen LogP contribution >= 0.6 is 0 Å². The fourth-order valence-corrected chi connectivity index (χ4v) is 3.95. The lowest BCUT2D eigenvalue weighted by Gasteiger charge is -2.36. The summed E-state index contributed by atoms with van der Waals surface area (Å²) in [6, 6.07) is 6.66. The summed E-state index contributed by atoms with van der Waals surface area (Å²) in [4.78, 5) is 28.3. The number of benzene rings is 1. The van der Waals surface area contributed by atoms with Gasteiger partial charge in [-0.3, -0.25) is 4.79 Å². The van der Waals surface area contributed by atoms with Gasteiger partial charge < -0.3 is 20.4 Å². The van der Waals surface area contributed by atoms with Gasteiger partial charge in [0.25, 0.3) is 0 Å². The summed E-state index contributed by atoms with van der Waals surface area (Å²) < 4.78 is 13.0. The van der Waals surface area contributed by atoms with Crippen LogP contribution in [0.3, 0.4) is 0 Å². The molecule has 1 aliphatic carbocycles. The summed E-state index contributed by atoms with van der Waals surface area (Å²) in [5.74, 6) is -0.105. The molecule has 6 nitrogen and oxygen atoms in total. The molecule has 1 aliphatic heterocycles. The number of urea groups is 1. The first-order chi connectivity index (χ1) is 13.6. The average molecular weight is 391 g/mol. The van der Waals surface area contributed by atoms with E-state index in [-0.39, 0.29) is 17.8 Å². The molecule has 0 unspecified atom stereocenters. The number of piperazine rings is 1. The molecule has 154 valence electrons. The normalized spacial score (nSPS) is 18.0. The van der Waals surface area contributed by atoms with Crippen molar-refractivity contribution < 1.29 is 14.0 Å². The van der Waals surface area contributed by atoms with Crippen LogP contribution in [-0.2, 0) is 4.79 Å². The number of amides is 3. The highest BCUT2D eigenvalue weighted by atomic mass is 19.1. The molecule has 28 heavy (non-hydrogen) atoms. The van der Waals surface area contributed by atoms with Gasteiger partial charge in [0.2, 0.25) is 5.91 Å². The third-order valence-electron chi connectivity index (χ3n) is 5.62. The zero-order valence-electron chi connectivity index (χ0n) is 16.5. The van der Waals surface area contributed by atoms with Crippen molar-refractivity contribution in [2.24, 2.45) is 0 Å². The Morgan fingerprint density at radius 2 is 1.68 bits per heavy atom. The fourth-order valence-electron chi connectivity index (χ4n) is 3.95. The topological polar surface area (TPSA) is 64.7 Å². The highest BCUT2D eigenvalue weighted by Gasteiger charge is 2.21.